The number of nitrogens with one attached hydrogen (secondary N) is 2. The summed E-state index contributed by atoms with van der Waals surface area (Å²) >= 11 is 0. The smallest absolute Gasteiger partial charge is 0.314 e. The number of carbonyl (C=O) groups is 1. The molecular formula is C11H24N2O2. The molecule has 0 radical (unpaired) electrons. The molecule has 2 amide bonds. The lowest BCUT2D eigenvalue weighted by molar-refractivity contribution is 0.126. The van der Waals surface area contributed by atoms with E-state index < -0.39 is 0 Å². The van der Waals surface area contributed by atoms with Crippen LogP contribution in [-0.4, -0.2) is 32.3 Å². The van der Waals surface area contributed by atoms with Gasteiger partial charge in [-0.3, -0.25) is 0 Å². The number of rotatable bonds is 8. The lowest BCUT2D eigenvalue weighted by Gasteiger charge is -2.08. The molecule has 0 unspecified atom stereocenters. The summed E-state index contributed by atoms with van der Waals surface area (Å²) in [6, 6.07) is -0.107. The van der Waals surface area contributed by atoms with Gasteiger partial charge in [-0.05, 0) is 18.8 Å². The normalized spacial score (nSPS) is 10.4. The zero-order valence-electron chi connectivity index (χ0n) is 10.1. The van der Waals surface area contributed by atoms with E-state index >= 15 is 0 Å². The van der Waals surface area contributed by atoms with Gasteiger partial charge in [0.05, 0.1) is 6.61 Å². The molecule has 90 valence electrons. The largest absolute Gasteiger partial charge is 0.380 e. The first-order valence-corrected chi connectivity index (χ1v) is 5.76. The van der Waals surface area contributed by atoms with E-state index in [4.69, 9.17) is 4.74 Å². The number of hydrogen-bond donors (Lipinski definition) is 2. The first kappa shape index (κ1) is 14.2. The third-order valence-corrected chi connectivity index (χ3v) is 1.91. The molecule has 0 saturated heterocycles. The van der Waals surface area contributed by atoms with Gasteiger partial charge >= 0.3 is 6.03 Å². The molecule has 2 N–H and O–H groups in total. The zero-order valence-corrected chi connectivity index (χ0v) is 10.1. The van der Waals surface area contributed by atoms with Crippen LogP contribution in [0.4, 0.5) is 4.79 Å². The molecule has 0 heterocycles. The molecule has 0 rings (SSSR count). The second-order valence-electron chi connectivity index (χ2n) is 3.98. The average molecular weight is 216 g/mol. The van der Waals surface area contributed by atoms with Crippen LogP contribution >= 0.6 is 0 Å². The van der Waals surface area contributed by atoms with E-state index in [0.29, 0.717) is 19.1 Å². The molecule has 0 aromatic rings. The first-order valence-electron chi connectivity index (χ1n) is 5.76. The molecule has 0 fully saturated rings. The van der Waals surface area contributed by atoms with Gasteiger partial charge in [-0.2, -0.15) is 0 Å². The van der Waals surface area contributed by atoms with Crippen molar-refractivity contribution < 1.29 is 9.53 Å². The molecule has 15 heavy (non-hydrogen) atoms. The van der Waals surface area contributed by atoms with Crippen LogP contribution in [0.1, 0.15) is 33.6 Å². The van der Waals surface area contributed by atoms with Gasteiger partial charge in [0.25, 0.3) is 0 Å². The number of carbonyl (C=O) groups excluding carboxylic acids is 1. The highest BCUT2D eigenvalue weighted by Crippen LogP contribution is 1.98. The molecule has 0 aliphatic carbocycles. The third-order valence-electron chi connectivity index (χ3n) is 1.91. The summed E-state index contributed by atoms with van der Waals surface area (Å²) in [7, 11) is 0. The Kier molecular flexibility index (Phi) is 9.27. The van der Waals surface area contributed by atoms with E-state index in [1.807, 2.05) is 6.92 Å². The van der Waals surface area contributed by atoms with Crippen LogP contribution in [0.25, 0.3) is 0 Å². The predicted molar refractivity (Wildman–Crippen MR) is 62.0 cm³/mol. The van der Waals surface area contributed by atoms with E-state index in [0.717, 1.165) is 26.0 Å². The van der Waals surface area contributed by atoms with Crippen molar-refractivity contribution in [3.8, 4) is 0 Å². The van der Waals surface area contributed by atoms with Gasteiger partial charge in [0, 0.05) is 19.7 Å². The van der Waals surface area contributed by atoms with Gasteiger partial charge in [-0.1, -0.05) is 20.8 Å². The van der Waals surface area contributed by atoms with Crippen molar-refractivity contribution in [3.05, 3.63) is 0 Å². The molecule has 4 nitrogen and oxygen atoms in total. The SMILES string of the molecule is CCCNC(=O)NCCOCCC(C)C. The van der Waals surface area contributed by atoms with E-state index in [1.54, 1.807) is 0 Å². The van der Waals surface area contributed by atoms with Crippen LogP contribution in [-0.2, 0) is 4.74 Å². The van der Waals surface area contributed by atoms with Crippen LogP contribution in [0.2, 0.25) is 0 Å². The zero-order chi connectivity index (χ0) is 11.5. The second kappa shape index (κ2) is 9.77. The fraction of sp³-hybridized carbons (Fsp3) is 0.909. The minimum Gasteiger partial charge on any atom is -0.380 e. The summed E-state index contributed by atoms with van der Waals surface area (Å²) in [5, 5.41) is 5.47. The van der Waals surface area contributed by atoms with E-state index in [-0.39, 0.29) is 6.03 Å². The van der Waals surface area contributed by atoms with Gasteiger partial charge in [0.1, 0.15) is 0 Å². The van der Waals surface area contributed by atoms with Crippen LogP contribution in [0.3, 0.4) is 0 Å². The number of hydrogen-bond acceptors (Lipinski definition) is 2. The second-order valence-corrected chi connectivity index (χ2v) is 3.98. The molecule has 0 aliphatic rings. The standard InChI is InChI=1S/C11H24N2O2/c1-4-6-12-11(14)13-7-9-15-8-5-10(2)3/h10H,4-9H2,1-3H3,(H2,12,13,14). The highest BCUT2D eigenvalue weighted by molar-refractivity contribution is 5.73. The maximum absolute atomic E-state index is 11.1. The molecule has 0 aromatic carbocycles. The van der Waals surface area contributed by atoms with Gasteiger partial charge in [0.15, 0.2) is 0 Å². The topological polar surface area (TPSA) is 50.4 Å². The van der Waals surface area contributed by atoms with Crippen molar-refractivity contribution in [2.24, 2.45) is 5.92 Å². The summed E-state index contributed by atoms with van der Waals surface area (Å²) in [6.45, 7) is 9.02. The summed E-state index contributed by atoms with van der Waals surface area (Å²) < 4.78 is 5.36. The Morgan fingerprint density at radius 2 is 1.87 bits per heavy atom. The van der Waals surface area contributed by atoms with Crippen molar-refractivity contribution in [2.75, 3.05) is 26.3 Å². The Labute approximate surface area is 92.8 Å². The van der Waals surface area contributed by atoms with Gasteiger partial charge in [0.2, 0.25) is 0 Å². The van der Waals surface area contributed by atoms with Crippen LogP contribution in [0.5, 0.6) is 0 Å². The summed E-state index contributed by atoms with van der Waals surface area (Å²) in [5.74, 6) is 0.672. The molecule has 0 atom stereocenters. The van der Waals surface area contributed by atoms with Crippen molar-refractivity contribution in [3.63, 3.8) is 0 Å². The molecule has 4 heteroatoms. The third kappa shape index (κ3) is 11.2. The van der Waals surface area contributed by atoms with E-state index in [9.17, 15) is 4.79 Å². The maximum atomic E-state index is 11.1. The Hall–Kier alpha value is -0.770. The Bertz CT molecular complexity index is 161. The fourth-order valence-electron chi connectivity index (χ4n) is 0.959. The average Bonchev–Trinajstić information content (AvgIpc) is 2.19. The summed E-state index contributed by atoms with van der Waals surface area (Å²) in [6.07, 6.45) is 2.03. The highest BCUT2D eigenvalue weighted by Gasteiger charge is 1.97. The number of urea groups is 1. The van der Waals surface area contributed by atoms with Gasteiger partial charge < -0.3 is 15.4 Å². The molecule has 0 bridgehead atoms. The lowest BCUT2D eigenvalue weighted by Crippen LogP contribution is -2.37. The fourth-order valence-corrected chi connectivity index (χ4v) is 0.959. The Balaban J connectivity index is 3.13. The maximum Gasteiger partial charge on any atom is 0.314 e. The van der Waals surface area contributed by atoms with Crippen molar-refractivity contribution >= 4 is 6.03 Å². The predicted octanol–water partition coefficient (Wildman–Crippen LogP) is 1.76. The minimum atomic E-state index is -0.107. The highest BCUT2D eigenvalue weighted by atomic mass is 16.5. The number of amides is 2. The summed E-state index contributed by atoms with van der Waals surface area (Å²) in [5.41, 5.74) is 0. The van der Waals surface area contributed by atoms with Crippen molar-refractivity contribution in [1.82, 2.24) is 10.6 Å². The Morgan fingerprint density at radius 1 is 1.20 bits per heavy atom. The Morgan fingerprint density at radius 3 is 2.47 bits per heavy atom. The van der Waals surface area contributed by atoms with E-state index in [2.05, 4.69) is 24.5 Å². The molecule has 0 aromatic heterocycles. The molecule has 0 aliphatic heterocycles. The van der Waals surface area contributed by atoms with Crippen molar-refractivity contribution in [2.45, 2.75) is 33.6 Å². The molecular weight excluding hydrogens is 192 g/mol. The quantitative estimate of drug-likeness (QED) is 0.607. The van der Waals surface area contributed by atoms with E-state index in [1.165, 1.54) is 0 Å². The van der Waals surface area contributed by atoms with Crippen molar-refractivity contribution in [1.29, 1.82) is 0 Å². The number of ether oxygens (including phenoxy) is 1. The van der Waals surface area contributed by atoms with Crippen LogP contribution < -0.4 is 10.6 Å². The van der Waals surface area contributed by atoms with Gasteiger partial charge in [-0.15, -0.1) is 0 Å². The van der Waals surface area contributed by atoms with Crippen LogP contribution in [0, 0.1) is 5.92 Å². The van der Waals surface area contributed by atoms with Gasteiger partial charge in [-0.25, -0.2) is 4.79 Å². The minimum absolute atomic E-state index is 0.107. The first-order chi connectivity index (χ1) is 7.16. The monoisotopic (exact) mass is 216 g/mol. The lowest BCUT2D eigenvalue weighted by atomic mass is 10.1. The summed E-state index contributed by atoms with van der Waals surface area (Å²) in [4.78, 5) is 11.1. The van der Waals surface area contributed by atoms with Crippen LogP contribution in [0.15, 0.2) is 0 Å². The molecule has 0 saturated carbocycles. The molecule has 0 spiro atoms.